The van der Waals surface area contributed by atoms with Gasteiger partial charge < -0.3 is 5.73 Å². The van der Waals surface area contributed by atoms with Crippen LogP contribution in [0.25, 0.3) is 11.1 Å². The largest absolute Gasteiger partial charge is 0.326 e. The van der Waals surface area contributed by atoms with E-state index in [-0.39, 0.29) is 0 Å². The molecule has 1 aliphatic heterocycles. The molecule has 0 saturated carbocycles. The van der Waals surface area contributed by atoms with Crippen molar-refractivity contribution >= 4 is 11.8 Å². The summed E-state index contributed by atoms with van der Waals surface area (Å²) in [5.41, 5.74) is 13.6. The molecule has 0 aromatic heterocycles. The average Bonchev–Trinajstić information content (AvgIpc) is 2.97. The first-order valence-electron chi connectivity index (χ1n) is 9.75. The van der Waals surface area contributed by atoms with Crippen LogP contribution in [-0.4, -0.2) is 0 Å². The van der Waals surface area contributed by atoms with Crippen LogP contribution in [0.15, 0.2) is 59.0 Å². The van der Waals surface area contributed by atoms with Crippen molar-refractivity contribution in [1.29, 1.82) is 0 Å². The summed E-state index contributed by atoms with van der Waals surface area (Å²) >= 11 is 2.11. The summed E-state index contributed by atoms with van der Waals surface area (Å²) in [6.07, 6.45) is 3.83. The molecule has 0 saturated heterocycles. The number of nitrogens with two attached hydrogens (primary N) is 1. The van der Waals surface area contributed by atoms with E-state index < -0.39 is 0 Å². The van der Waals surface area contributed by atoms with Crippen LogP contribution in [0.2, 0.25) is 0 Å². The van der Waals surface area contributed by atoms with Crippen molar-refractivity contribution in [3.8, 4) is 11.1 Å². The second-order valence-electron chi connectivity index (χ2n) is 8.60. The van der Waals surface area contributed by atoms with Crippen molar-refractivity contribution in [3.63, 3.8) is 0 Å². The molecule has 0 bridgehead atoms. The lowest BCUT2D eigenvalue weighted by Gasteiger charge is -2.32. The van der Waals surface area contributed by atoms with E-state index in [1.807, 2.05) is 0 Å². The van der Waals surface area contributed by atoms with Gasteiger partial charge in [0.15, 0.2) is 0 Å². The average molecular weight is 364 g/mol. The Bertz CT molecular complexity index is 835. The molecule has 2 heteroatoms. The summed E-state index contributed by atoms with van der Waals surface area (Å²) in [7, 11) is 0. The van der Waals surface area contributed by atoms with Crippen molar-refractivity contribution in [1.82, 2.24) is 0 Å². The third-order valence-corrected chi connectivity index (χ3v) is 7.77. The molecule has 0 fully saturated rings. The molecule has 4 rings (SSSR count). The van der Waals surface area contributed by atoms with Gasteiger partial charge in [0.25, 0.3) is 0 Å². The topological polar surface area (TPSA) is 26.0 Å². The molecule has 1 heterocycles. The Morgan fingerprint density at radius 1 is 1.08 bits per heavy atom. The summed E-state index contributed by atoms with van der Waals surface area (Å²) in [5.74, 6) is 0.613. The first-order valence-corrected chi connectivity index (χ1v) is 10.6. The highest BCUT2D eigenvalue weighted by Gasteiger charge is 2.39. The normalized spacial score (nSPS) is 24.6. The maximum absolute atomic E-state index is 6.18. The Balaban J connectivity index is 1.65. The van der Waals surface area contributed by atoms with Crippen LogP contribution in [0.1, 0.15) is 56.4 Å². The first kappa shape index (κ1) is 17.9. The van der Waals surface area contributed by atoms with E-state index in [4.69, 9.17) is 5.73 Å². The lowest BCUT2D eigenvalue weighted by atomic mass is 9.73. The Morgan fingerprint density at radius 2 is 1.85 bits per heavy atom. The second kappa shape index (κ2) is 6.90. The van der Waals surface area contributed by atoms with Crippen LogP contribution in [0, 0.1) is 11.3 Å². The minimum Gasteiger partial charge on any atom is -0.326 e. The molecule has 1 aliphatic carbocycles. The molecule has 2 aromatic rings. The van der Waals surface area contributed by atoms with Crippen molar-refractivity contribution < 1.29 is 0 Å². The van der Waals surface area contributed by atoms with Gasteiger partial charge in [-0.3, -0.25) is 0 Å². The summed E-state index contributed by atoms with van der Waals surface area (Å²) in [6.45, 7) is 7.87. The van der Waals surface area contributed by atoms with E-state index in [2.05, 4.69) is 81.1 Å². The zero-order chi connectivity index (χ0) is 18.3. The maximum atomic E-state index is 6.18. The lowest BCUT2D eigenvalue weighted by molar-refractivity contribution is 0.307. The maximum Gasteiger partial charge on any atom is 0.0407 e. The molecular formula is C24H29NS. The molecule has 1 nitrogen and oxygen atoms in total. The number of hydrogen-bond acceptors (Lipinski definition) is 2. The summed E-state index contributed by atoms with van der Waals surface area (Å²) in [6, 6.07) is 17.5. The van der Waals surface area contributed by atoms with Gasteiger partial charge in [0.1, 0.15) is 0 Å². The van der Waals surface area contributed by atoms with E-state index in [1.54, 1.807) is 10.5 Å². The monoisotopic (exact) mass is 363 g/mol. The fourth-order valence-electron chi connectivity index (χ4n) is 4.51. The van der Waals surface area contributed by atoms with Gasteiger partial charge in [-0.05, 0) is 63.8 Å². The van der Waals surface area contributed by atoms with E-state index in [1.165, 1.54) is 41.5 Å². The number of thioether (sulfide) groups is 1. The minimum atomic E-state index is 0.455. The molecule has 2 aromatic carbocycles. The fourth-order valence-corrected chi connectivity index (χ4v) is 6.17. The van der Waals surface area contributed by atoms with Crippen LogP contribution in [0.5, 0.6) is 0 Å². The van der Waals surface area contributed by atoms with E-state index in [0.717, 1.165) is 0 Å². The predicted octanol–water partition coefficient (Wildman–Crippen LogP) is 6.70. The standard InChI is InChI=1S/C24H29NS/c1-16-21-14-24(2,3)12-11-22(21)26-23(16)20-10-9-18(13-19(20)15-25)17-7-5-4-6-8-17/h4-10,13,16,23H,11-12,14-15,25H2,1-3H3. The molecule has 0 amide bonds. The highest BCUT2D eigenvalue weighted by Crippen LogP contribution is 2.59. The summed E-state index contributed by atoms with van der Waals surface area (Å²) < 4.78 is 0. The van der Waals surface area contributed by atoms with E-state index >= 15 is 0 Å². The van der Waals surface area contributed by atoms with Crippen LogP contribution in [0.4, 0.5) is 0 Å². The van der Waals surface area contributed by atoms with Gasteiger partial charge in [-0.25, -0.2) is 0 Å². The van der Waals surface area contributed by atoms with Gasteiger partial charge in [0.05, 0.1) is 0 Å². The third kappa shape index (κ3) is 3.25. The lowest BCUT2D eigenvalue weighted by Crippen LogP contribution is -2.19. The van der Waals surface area contributed by atoms with Crippen molar-refractivity contribution in [3.05, 3.63) is 70.1 Å². The zero-order valence-electron chi connectivity index (χ0n) is 16.1. The van der Waals surface area contributed by atoms with E-state index in [0.29, 0.717) is 23.1 Å². The van der Waals surface area contributed by atoms with Crippen molar-refractivity contribution in [2.45, 2.75) is 51.8 Å². The SMILES string of the molecule is CC1C2=C(CCC(C)(C)C2)SC1c1ccc(-c2ccccc2)cc1CN. The Morgan fingerprint density at radius 3 is 2.58 bits per heavy atom. The van der Waals surface area contributed by atoms with Gasteiger partial charge in [0.2, 0.25) is 0 Å². The molecule has 2 atom stereocenters. The number of benzene rings is 2. The highest BCUT2D eigenvalue weighted by atomic mass is 32.2. The Hall–Kier alpha value is -1.51. The van der Waals surface area contributed by atoms with Crippen LogP contribution >= 0.6 is 11.8 Å². The number of allylic oxidation sites excluding steroid dienone is 2. The minimum absolute atomic E-state index is 0.455. The summed E-state index contributed by atoms with van der Waals surface area (Å²) in [4.78, 5) is 1.66. The van der Waals surface area contributed by atoms with Crippen molar-refractivity contribution in [2.24, 2.45) is 17.1 Å². The Kier molecular flexibility index (Phi) is 4.75. The van der Waals surface area contributed by atoms with Crippen LogP contribution in [-0.2, 0) is 6.54 Å². The van der Waals surface area contributed by atoms with Crippen LogP contribution in [0.3, 0.4) is 0 Å². The molecule has 136 valence electrons. The van der Waals surface area contributed by atoms with Gasteiger partial charge in [-0.1, -0.05) is 68.8 Å². The molecule has 2 N–H and O–H groups in total. The third-order valence-electron chi connectivity index (χ3n) is 6.11. The number of hydrogen-bond donors (Lipinski definition) is 1. The molecular weight excluding hydrogens is 334 g/mol. The zero-order valence-corrected chi connectivity index (χ0v) is 16.9. The molecule has 26 heavy (non-hydrogen) atoms. The molecule has 0 radical (unpaired) electrons. The highest BCUT2D eigenvalue weighted by molar-refractivity contribution is 8.03. The van der Waals surface area contributed by atoms with Crippen molar-refractivity contribution in [2.75, 3.05) is 0 Å². The van der Waals surface area contributed by atoms with E-state index in [9.17, 15) is 0 Å². The first-order chi connectivity index (χ1) is 12.5. The van der Waals surface area contributed by atoms with Crippen LogP contribution < -0.4 is 5.73 Å². The smallest absolute Gasteiger partial charge is 0.0407 e. The molecule has 2 aliphatic rings. The predicted molar refractivity (Wildman–Crippen MR) is 114 cm³/mol. The molecule has 2 unspecified atom stereocenters. The summed E-state index contributed by atoms with van der Waals surface area (Å²) in [5, 5.41) is 0.525. The molecule has 0 spiro atoms. The second-order valence-corrected chi connectivity index (χ2v) is 9.84. The number of rotatable bonds is 3. The Labute approximate surface area is 162 Å². The quantitative estimate of drug-likeness (QED) is 0.656. The van der Waals surface area contributed by atoms with Gasteiger partial charge in [-0.15, -0.1) is 11.8 Å². The van der Waals surface area contributed by atoms with Gasteiger partial charge in [-0.2, -0.15) is 0 Å². The fraction of sp³-hybridized carbons (Fsp3) is 0.417. The van der Waals surface area contributed by atoms with Gasteiger partial charge >= 0.3 is 0 Å². The van der Waals surface area contributed by atoms with Gasteiger partial charge in [0, 0.05) is 11.8 Å².